The monoisotopic (exact) mass is 403 g/mol. The van der Waals surface area contributed by atoms with Crippen LogP contribution in [0.15, 0.2) is 59.5 Å². The van der Waals surface area contributed by atoms with E-state index >= 15 is 0 Å². The zero-order chi connectivity index (χ0) is 20.7. The first-order valence-corrected chi connectivity index (χ1v) is 10.5. The third-order valence-corrected chi connectivity index (χ3v) is 5.67. The molecule has 0 bridgehead atoms. The van der Waals surface area contributed by atoms with Gasteiger partial charge in [0.1, 0.15) is 6.04 Å². The maximum Gasteiger partial charge on any atom is 0.269 e. The molecule has 7 nitrogen and oxygen atoms in total. The van der Waals surface area contributed by atoms with Gasteiger partial charge in [-0.25, -0.2) is 8.42 Å². The Balaban J connectivity index is 2.03. The first-order chi connectivity index (χ1) is 13.2. The van der Waals surface area contributed by atoms with Crippen molar-refractivity contribution >= 4 is 21.8 Å². The molecular formula is C20H25N3O4S. The number of aryl methyl sites for hydroxylation is 1. The summed E-state index contributed by atoms with van der Waals surface area (Å²) in [6.07, 6.45) is 0.857. The van der Waals surface area contributed by atoms with Gasteiger partial charge in [-0.15, -0.1) is 0 Å². The van der Waals surface area contributed by atoms with Crippen LogP contribution in [0.3, 0.4) is 0 Å². The molecule has 0 aliphatic heterocycles. The average Bonchev–Trinajstić information content (AvgIpc) is 2.70. The second-order valence-electron chi connectivity index (χ2n) is 6.65. The van der Waals surface area contributed by atoms with Gasteiger partial charge in [0.05, 0.1) is 4.90 Å². The summed E-state index contributed by atoms with van der Waals surface area (Å²) < 4.78 is 27.4. The van der Waals surface area contributed by atoms with Gasteiger partial charge in [0.15, 0.2) is 0 Å². The molecule has 1 atom stereocenters. The van der Waals surface area contributed by atoms with Gasteiger partial charge in [-0.2, -0.15) is 4.72 Å². The van der Waals surface area contributed by atoms with Crippen LogP contribution in [-0.4, -0.2) is 26.3 Å². The Labute approximate surface area is 165 Å². The zero-order valence-corrected chi connectivity index (χ0v) is 16.9. The maximum atomic E-state index is 12.5. The van der Waals surface area contributed by atoms with Gasteiger partial charge in [0.25, 0.3) is 11.8 Å². The fourth-order valence-electron chi connectivity index (χ4n) is 2.49. The van der Waals surface area contributed by atoms with Crippen molar-refractivity contribution in [3.05, 3.63) is 65.7 Å². The smallest absolute Gasteiger partial charge is 0.269 e. The molecule has 0 aromatic heterocycles. The molecule has 0 aliphatic rings. The lowest BCUT2D eigenvalue weighted by atomic mass is 10.1. The first kappa shape index (κ1) is 21.6. The molecule has 2 amide bonds. The van der Waals surface area contributed by atoms with Crippen LogP contribution in [0, 0.1) is 5.92 Å². The Morgan fingerprint density at radius 1 is 0.929 bits per heavy atom. The first-order valence-electron chi connectivity index (χ1n) is 9.01. The number of sulfonamides is 1. The highest BCUT2D eigenvalue weighted by Gasteiger charge is 2.28. The lowest BCUT2D eigenvalue weighted by molar-refractivity contribution is -0.124. The summed E-state index contributed by atoms with van der Waals surface area (Å²) in [5.41, 5.74) is 6.11. The number of carbonyl (C=O) groups excluding carboxylic acids is 2. The minimum absolute atomic E-state index is 0.0634. The van der Waals surface area contributed by atoms with Crippen molar-refractivity contribution in [3.8, 4) is 0 Å². The lowest BCUT2D eigenvalue weighted by Crippen LogP contribution is -2.54. The summed E-state index contributed by atoms with van der Waals surface area (Å²) in [6.45, 7) is 5.43. The standard InChI is InChI=1S/C20H25N3O4S/c1-4-15-10-12-16(13-11-15)19(24)21-22-20(25)18(14(2)3)23-28(26,27)17-8-6-5-7-9-17/h5-14,18,23H,4H2,1-3H3,(H,21,24)(H,22,25). The van der Waals surface area contributed by atoms with Crippen LogP contribution in [0.5, 0.6) is 0 Å². The van der Waals surface area contributed by atoms with Crippen LogP contribution in [0.25, 0.3) is 0 Å². The summed E-state index contributed by atoms with van der Waals surface area (Å²) in [7, 11) is -3.87. The third-order valence-electron chi connectivity index (χ3n) is 4.21. The predicted octanol–water partition coefficient (Wildman–Crippen LogP) is 2.01. The molecule has 28 heavy (non-hydrogen) atoms. The van der Waals surface area contributed by atoms with Crippen molar-refractivity contribution in [1.82, 2.24) is 15.6 Å². The third kappa shape index (κ3) is 5.64. The van der Waals surface area contributed by atoms with Gasteiger partial charge in [-0.1, -0.05) is 51.1 Å². The Hall–Kier alpha value is -2.71. The van der Waals surface area contributed by atoms with E-state index in [1.54, 1.807) is 44.2 Å². The van der Waals surface area contributed by atoms with Gasteiger partial charge in [0, 0.05) is 5.56 Å². The summed E-state index contributed by atoms with van der Waals surface area (Å²) in [4.78, 5) is 24.7. The molecule has 0 fully saturated rings. The summed E-state index contributed by atoms with van der Waals surface area (Å²) >= 11 is 0. The molecule has 0 aliphatic carbocycles. The molecule has 2 aromatic carbocycles. The van der Waals surface area contributed by atoms with E-state index in [1.807, 2.05) is 19.1 Å². The number of nitrogens with one attached hydrogen (secondary N) is 3. The van der Waals surface area contributed by atoms with Crippen LogP contribution in [0.2, 0.25) is 0 Å². The summed E-state index contributed by atoms with van der Waals surface area (Å²) in [5, 5.41) is 0. The van der Waals surface area contributed by atoms with E-state index < -0.39 is 27.9 Å². The number of benzene rings is 2. The number of hydrazine groups is 1. The Morgan fingerprint density at radius 3 is 2.07 bits per heavy atom. The van der Waals surface area contributed by atoms with Gasteiger partial charge < -0.3 is 0 Å². The second-order valence-corrected chi connectivity index (χ2v) is 8.36. The SMILES string of the molecule is CCc1ccc(C(=O)NNC(=O)C(NS(=O)(=O)c2ccccc2)C(C)C)cc1. The number of hydrogen-bond acceptors (Lipinski definition) is 4. The topological polar surface area (TPSA) is 104 Å². The van der Waals surface area contributed by atoms with Crippen LogP contribution in [0.1, 0.15) is 36.7 Å². The van der Waals surface area contributed by atoms with Gasteiger partial charge >= 0.3 is 0 Å². The lowest BCUT2D eigenvalue weighted by Gasteiger charge is -2.21. The zero-order valence-electron chi connectivity index (χ0n) is 16.1. The van der Waals surface area contributed by atoms with E-state index in [9.17, 15) is 18.0 Å². The largest absolute Gasteiger partial charge is 0.271 e. The number of carbonyl (C=O) groups is 2. The van der Waals surface area contributed by atoms with E-state index in [2.05, 4.69) is 15.6 Å². The van der Waals surface area contributed by atoms with Gasteiger partial charge in [-0.05, 0) is 42.2 Å². The number of amides is 2. The number of rotatable bonds is 7. The number of hydrogen-bond donors (Lipinski definition) is 3. The molecule has 0 heterocycles. The average molecular weight is 404 g/mol. The molecule has 2 rings (SSSR count). The van der Waals surface area contributed by atoms with Crippen LogP contribution < -0.4 is 15.6 Å². The van der Waals surface area contributed by atoms with E-state index in [1.165, 1.54) is 12.1 Å². The van der Waals surface area contributed by atoms with Crippen LogP contribution >= 0.6 is 0 Å². The summed E-state index contributed by atoms with van der Waals surface area (Å²) in [5.74, 6) is -1.46. The molecule has 0 saturated heterocycles. The van der Waals surface area contributed by atoms with E-state index in [4.69, 9.17) is 0 Å². The highest BCUT2D eigenvalue weighted by molar-refractivity contribution is 7.89. The second kappa shape index (κ2) is 9.48. The molecule has 3 N–H and O–H groups in total. The normalized spacial score (nSPS) is 12.4. The van der Waals surface area contributed by atoms with Crippen LogP contribution in [0.4, 0.5) is 0 Å². The fraction of sp³-hybridized carbons (Fsp3) is 0.300. The van der Waals surface area contributed by atoms with E-state index in [0.29, 0.717) is 5.56 Å². The molecule has 8 heteroatoms. The summed E-state index contributed by atoms with van der Waals surface area (Å²) in [6, 6.07) is 13.7. The Morgan fingerprint density at radius 2 is 1.54 bits per heavy atom. The van der Waals surface area contributed by atoms with Crippen molar-refractivity contribution in [2.24, 2.45) is 5.92 Å². The van der Waals surface area contributed by atoms with Crippen LogP contribution in [-0.2, 0) is 21.2 Å². The minimum atomic E-state index is -3.87. The molecule has 2 aromatic rings. The van der Waals surface area contributed by atoms with Crippen molar-refractivity contribution in [2.45, 2.75) is 38.1 Å². The van der Waals surface area contributed by atoms with E-state index in [-0.39, 0.29) is 10.8 Å². The molecule has 0 spiro atoms. The van der Waals surface area contributed by atoms with E-state index in [0.717, 1.165) is 12.0 Å². The Bertz CT molecular complexity index is 910. The Kier molecular flexibility index (Phi) is 7.31. The quantitative estimate of drug-likeness (QED) is 0.615. The van der Waals surface area contributed by atoms with Gasteiger partial charge in [0.2, 0.25) is 10.0 Å². The molecular weight excluding hydrogens is 378 g/mol. The maximum absolute atomic E-state index is 12.5. The van der Waals surface area contributed by atoms with Crippen molar-refractivity contribution < 1.29 is 18.0 Å². The van der Waals surface area contributed by atoms with Crippen molar-refractivity contribution in [3.63, 3.8) is 0 Å². The molecule has 0 saturated carbocycles. The van der Waals surface area contributed by atoms with Gasteiger partial charge in [-0.3, -0.25) is 20.4 Å². The van der Waals surface area contributed by atoms with Crippen molar-refractivity contribution in [2.75, 3.05) is 0 Å². The predicted molar refractivity (Wildman–Crippen MR) is 107 cm³/mol. The molecule has 150 valence electrons. The van der Waals surface area contributed by atoms with Crippen molar-refractivity contribution in [1.29, 1.82) is 0 Å². The molecule has 1 unspecified atom stereocenters. The fourth-order valence-corrected chi connectivity index (χ4v) is 3.85. The molecule has 0 radical (unpaired) electrons. The minimum Gasteiger partial charge on any atom is -0.271 e. The highest BCUT2D eigenvalue weighted by Crippen LogP contribution is 2.11. The highest BCUT2D eigenvalue weighted by atomic mass is 32.2.